The first-order valence-corrected chi connectivity index (χ1v) is 11.5. The number of aromatic nitrogens is 2. The Balaban J connectivity index is 1.63. The summed E-state index contributed by atoms with van der Waals surface area (Å²) in [6.07, 6.45) is 10.6. The van der Waals surface area contributed by atoms with Crippen LogP contribution in [0, 0.1) is 11.3 Å². The Morgan fingerprint density at radius 1 is 1.10 bits per heavy atom. The SMILES string of the molecule is CCCCCCCCCOc1ccc(/C=C(/C#N)c2nc3ccccc3n2C)c(Cl)c1. The Morgan fingerprint density at radius 2 is 1.84 bits per heavy atom. The molecule has 5 heteroatoms. The quantitative estimate of drug-likeness (QED) is 0.232. The first kappa shape index (κ1) is 22.9. The number of benzene rings is 2. The van der Waals surface area contributed by atoms with Gasteiger partial charge in [-0.25, -0.2) is 4.98 Å². The predicted molar refractivity (Wildman–Crippen MR) is 129 cm³/mol. The highest BCUT2D eigenvalue weighted by molar-refractivity contribution is 6.32. The van der Waals surface area contributed by atoms with Gasteiger partial charge in [0.1, 0.15) is 11.8 Å². The smallest absolute Gasteiger partial charge is 0.151 e. The van der Waals surface area contributed by atoms with Gasteiger partial charge < -0.3 is 9.30 Å². The Hall–Kier alpha value is -2.77. The van der Waals surface area contributed by atoms with Gasteiger partial charge in [0.25, 0.3) is 0 Å². The van der Waals surface area contributed by atoms with Crippen LogP contribution in [0.2, 0.25) is 5.02 Å². The van der Waals surface area contributed by atoms with Gasteiger partial charge in [0.05, 0.1) is 28.2 Å². The van der Waals surface area contributed by atoms with Gasteiger partial charge in [0, 0.05) is 7.05 Å². The largest absolute Gasteiger partial charge is 0.494 e. The van der Waals surface area contributed by atoms with Crippen molar-refractivity contribution in [1.82, 2.24) is 9.55 Å². The van der Waals surface area contributed by atoms with Crippen LogP contribution in [0.15, 0.2) is 42.5 Å². The van der Waals surface area contributed by atoms with E-state index in [4.69, 9.17) is 16.3 Å². The number of ether oxygens (including phenoxy) is 1. The predicted octanol–water partition coefficient (Wildman–Crippen LogP) is 7.42. The third kappa shape index (κ3) is 6.12. The Labute approximate surface area is 190 Å². The van der Waals surface area contributed by atoms with Crippen LogP contribution in [0.5, 0.6) is 5.75 Å². The molecule has 3 rings (SSSR count). The fourth-order valence-corrected chi connectivity index (χ4v) is 3.88. The molecule has 0 saturated carbocycles. The maximum absolute atomic E-state index is 9.73. The van der Waals surface area contributed by atoms with Crippen molar-refractivity contribution in [3.05, 3.63) is 58.9 Å². The molecule has 0 radical (unpaired) electrons. The fraction of sp³-hybridized carbons (Fsp3) is 0.385. The number of imidazole rings is 1. The second-order valence-corrected chi connectivity index (χ2v) is 8.21. The molecule has 0 aliphatic heterocycles. The normalized spacial score (nSPS) is 11.6. The lowest BCUT2D eigenvalue weighted by atomic mass is 10.1. The number of allylic oxidation sites excluding steroid dienone is 1. The number of nitriles is 1. The summed E-state index contributed by atoms with van der Waals surface area (Å²) in [5.74, 6) is 1.38. The maximum Gasteiger partial charge on any atom is 0.151 e. The molecule has 0 bridgehead atoms. The highest BCUT2D eigenvalue weighted by atomic mass is 35.5. The fourth-order valence-electron chi connectivity index (χ4n) is 3.65. The molecule has 0 atom stereocenters. The number of aryl methyl sites for hydroxylation is 1. The van der Waals surface area contributed by atoms with Gasteiger partial charge >= 0.3 is 0 Å². The summed E-state index contributed by atoms with van der Waals surface area (Å²) in [4.78, 5) is 4.61. The van der Waals surface area contributed by atoms with Crippen molar-refractivity contribution in [3.8, 4) is 11.8 Å². The summed E-state index contributed by atoms with van der Waals surface area (Å²) >= 11 is 6.49. The molecule has 162 valence electrons. The molecule has 0 saturated heterocycles. The standard InChI is InChI=1S/C26H30ClN3O/c1-3-4-5-6-7-8-11-16-31-22-15-14-20(23(27)18-22)17-21(19-28)26-29-24-12-9-10-13-25(24)30(26)2/h9-10,12-15,17-18H,3-8,11,16H2,1-2H3/b21-17-. The van der Waals surface area contributed by atoms with E-state index in [1.807, 2.05) is 54.1 Å². The van der Waals surface area contributed by atoms with E-state index in [1.54, 1.807) is 6.08 Å². The number of unbranched alkanes of at least 4 members (excludes halogenated alkanes) is 6. The van der Waals surface area contributed by atoms with Gasteiger partial charge in [0.15, 0.2) is 5.82 Å². The molecule has 3 aromatic rings. The summed E-state index contributed by atoms with van der Waals surface area (Å²) in [6, 6.07) is 15.7. The van der Waals surface area contributed by atoms with Crippen LogP contribution < -0.4 is 4.74 Å². The van der Waals surface area contributed by atoms with E-state index < -0.39 is 0 Å². The van der Waals surface area contributed by atoms with Crippen molar-refractivity contribution < 1.29 is 4.74 Å². The Morgan fingerprint density at radius 3 is 2.55 bits per heavy atom. The van der Waals surface area contributed by atoms with Gasteiger partial charge in [0.2, 0.25) is 0 Å². The molecule has 1 heterocycles. The Kier molecular flexibility index (Phi) is 8.55. The second-order valence-electron chi connectivity index (χ2n) is 7.81. The molecule has 1 aromatic heterocycles. The summed E-state index contributed by atoms with van der Waals surface area (Å²) < 4.78 is 7.79. The first-order chi connectivity index (χ1) is 15.1. The van der Waals surface area contributed by atoms with Crippen molar-refractivity contribution >= 4 is 34.3 Å². The van der Waals surface area contributed by atoms with E-state index in [2.05, 4.69) is 18.0 Å². The monoisotopic (exact) mass is 435 g/mol. The van der Waals surface area contributed by atoms with E-state index in [1.165, 1.54) is 38.5 Å². The molecular weight excluding hydrogens is 406 g/mol. The molecule has 4 nitrogen and oxygen atoms in total. The molecule has 2 aromatic carbocycles. The zero-order valence-corrected chi connectivity index (χ0v) is 19.2. The molecule has 0 unspecified atom stereocenters. The Bertz CT molecular complexity index is 1080. The van der Waals surface area contributed by atoms with Gasteiger partial charge in [-0.05, 0) is 48.4 Å². The lowest BCUT2D eigenvalue weighted by Gasteiger charge is -2.08. The lowest BCUT2D eigenvalue weighted by Crippen LogP contribution is -1.98. The number of halogens is 1. The molecule has 31 heavy (non-hydrogen) atoms. The van der Waals surface area contributed by atoms with Crippen molar-refractivity contribution in [2.45, 2.75) is 51.9 Å². The van der Waals surface area contributed by atoms with Crippen LogP contribution in [-0.2, 0) is 7.05 Å². The van der Waals surface area contributed by atoms with Crippen LogP contribution in [0.1, 0.15) is 63.3 Å². The number of hydrogen-bond donors (Lipinski definition) is 0. The number of hydrogen-bond acceptors (Lipinski definition) is 3. The van der Waals surface area contributed by atoms with E-state index in [9.17, 15) is 5.26 Å². The van der Waals surface area contributed by atoms with Crippen LogP contribution in [0.3, 0.4) is 0 Å². The summed E-state index contributed by atoms with van der Waals surface area (Å²) in [7, 11) is 1.91. The van der Waals surface area contributed by atoms with E-state index in [-0.39, 0.29) is 0 Å². The molecular formula is C26H30ClN3O. The number of rotatable bonds is 11. The molecule has 0 amide bonds. The van der Waals surface area contributed by atoms with Crippen molar-refractivity contribution in [2.24, 2.45) is 7.05 Å². The first-order valence-electron chi connectivity index (χ1n) is 11.1. The van der Waals surface area contributed by atoms with Crippen LogP contribution >= 0.6 is 11.6 Å². The minimum Gasteiger partial charge on any atom is -0.494 e. The van der Waals surface area contributed by atoms with Crippen LogP contribution in [0.25, 0.3) is 22.7 Å². The highest BCUT2D eigenvalue weighted by Gasteiger charge is 2.12. The average molecular weight is 436 g/mol. The third-order valence-electron chi connectivity index (χ3n) is 5.44. The van der Waals surface area contributed by atoms with Crippen molar-refractivity contribution in [1.29, 1.82) is 5.26 Å². The molecule has 0 aliphatic carbocycles. The topological polar surface area (TPSA) is 50.8 Å². The van der Waals surface area contributed by atoms with Crippen molar-refractivity contribution in [3.63, 3.8) is 0 Å². The van der Waals surface area contributed by atoms with Gasteiger partial charge in [-0.15, -0.1) is 0 Å². The van der Waals surface area contributed by atoms with Crippen molar-refractivity contribution in [2.75, 3.05) is 6.61 Å². The molecule has 0 spiro atoms. The van der Waals surface area contributed by atoms with Crippen LogP contribution in [-0.4, -0.2) is 16.2 Å². The van der Waals surface area contributed by atoms with E-state index in [0.717, 1.165) is 28.8 Å². The summed E-state index contributed by atoms with van der Waals surface area (Å²) in [6.45, 7) is 2.93. The number of fused-ring (bicyclic) bond motifs is 1. The summed E-state index contributed by atoms with van der Waals surface area (Å²) in [5, 5.41) is 10.3. The van der Waals surface area contributed by atoms with Gasteiger partial charge in [-0.3, -0.25) is 0 Å². The van der Waals surface area contributed by atoms with Gasteiger partial charge in [-0.2, -0.15) is 5.26 Å². The van der Waals surface area contributed by atoms with Gasteiger partial charge in [-0.1, -0.05) is 69.2 Å². The van der Waals surface area contributed by atoms with E-state index in [0.29, 0.717) is 23.0 Å². The molecule has 0 fully saturated rings. The highest BCUT2D eigenvalue weighted by Crippen LogP contribution is 2.28. The minimum absolute atomic E-state index is 0.470. The third-order valence-corrected chi connectivity index (χ3v) is 5.76. The lowest BCUT2D eigenvalue weighted by molar-refractivity contribution is 0.304. The molecule has 0 N–H and O–H groups in total. The summed E-state index contributed by atoms with van der Waals surface area (Å²) in [5.41, 5.74) is 3.09. The minimum atomic E-state index is 0.470. The zero-order chi connectivity index (χ0) is 22.1. The number of para-hydroxylation sites is 2. The second kappa shape index (κ2) is 11.6. The van der Waals surface area contributed by atoms with Crippen LogP contribution in [0.4, 0.5) is 0 Å². The number of nitrogens with zero attached hydrogens (tertiary/aromatic N) is 3. The van der Waals surface area contributed by atoms with E-state index >= 15 is 0 Å². The average Bonchev–Trinajstić information content (AvgIpc) is 3.11. The zero-order valence-electron chi connectivity index (χ0n) is 18.4. The molecule has 0 aliphatic rings. The maximum atomic E-state index is 9.73.